The smallest absolute Gasteiger partial charge is 0.322 e. The summed E-state index contributed by atoms with van der Waals surface area (Å²) >= 11 is 0. The first kappa shape index (κ1) is 21.4. The summed E-state index contributed by atoms with van der Waals surface area (Å²) < 4.78 is 17.4. The van der Waals surface area contributed by atoms with Gasteiger partial charge in [-0.3, -0.25) is 9.59 Å². The fourth-order valence-electron chi connectivity index (χ4n) is 4.39. The number of methoxy groups -OCH3 is 1. The van der Waals surface area contributed by atoms with Crippen molar-refractivity contribution in [2.75, 3.05) is 13.7 Å². The van der Waals surface area contributed by atoms with Crippen LogP contribution in [0.4, 0.5) is 0 Å². The van der Waals surface area contributed by atoms with E-state index in [0.29, 0.717) is 25.1 Å². The Bertz CT molecular complexity index is 745. The standard InChI is InChI=1S/C22H31NO6/c1-5-22(28-15(2)24)13-18(14-23(22)29-16(3)25)17-10-11-20(26-4)21(12-17)27-19-8-6-7-9-19/h10-12,18-19H,5-9,13-14H2,1-4H3/t18?,22-/m1/s1. The van der Waals surface area contributed by atoms with E-state index in [1.807, 2.05) is 25.1 Å². The van der Waals surface area contributed by atoms with Crippen LogP contribution in [-0.2, 0) is 19.2 Å². The van der Waals surface area contributed by atoms with Gasteiger partial charge in [0, 0.05) is 39.2 Å². The van der Waals surface area contributed by atoms with Gasteiger partial charge in [-0.05, 0) is 43.4 Å². The highest BCUT2D eigenvalue weighted by Gasteiger charge is 2.50. The lowest BCUT2D eigenvalue weighted by Crippen LogP contribution is -2.47. The predicted molar refractivity (Wildman–Crippen MR) is 106 cm³/mol. The van der Waals surface area contributed by atoms with Crippen LogP contribution in [0.25, 0.3) is 0 Å². The highest BCUT2D eigenvalue weighted by Crippen LogP contribution is 2.44. The van der Waals surface area contributed by atoms with Crippen LogP contribution in [0.3, 0.4) is 0 Å². The first-order valence-electron chi connectivity index (χ1n) is 10.4. The molecule has 7 heteroatoms. The second-order valence-electron chi connectivity index (χ2n) is 7.87. The van der Waals surface area contributed by atoms with Crippen molar-refractivity contribution in [2.24, 2.45) is 0 Å². The van der Waals surface area contributed by atoms with Crippen LogP contribution in [0.5, 0.6) is 11.5 Å². The molecule has 1 aromatic rings. The zero-order chi connectivity index (χ0) is 21.0. The molecule has 160 valence electrons. The minimum atomic E-state index is -0.964. The quantitative estimate of drug-likeness (QED) is 0.636. The van der Waals surface area contributed by atoms with Crippen molar-refractivity contribution in [2.45, 2.75) is 77.0 Å². The number of nitrogens with zero attached hydrogens (tertiary/aromatic N) is 1. The van der Waals surface area contributed by atoms with Gasteiger partial charge in [0.1, 0.15) is 0 Å². The Morgan fingerprint density at radius 2 is 1.86 bits per heavy atom. The number of carbonyl (C=O) groups excluding carboxylic acids is 2. The molecule has 1 aliphatic heterocycles. The normalized spacial score (nSPS) is 25.0. The number of esters is 1. The highest BCUT2D eigenvalue weighted by atomic mass is 16.7. The van der Waals surface area contributed by atoms with E-state index in [1.165, 1.54) is 31.8 Å². The molecule has 0 aromatic heterocycles. The van der Waals surface area contributed by atoms with Gasteiger partial charge in [-0.15, -0.1) is 0 Å². The zero-order valence-corrected chi connectivity index (χ0v) is 17.7. The number of carbonyl (C=O) groups is 2. The average molecular weight is 405 g/mol. The Kier molecular flexibility index (Phi) is 6.67. The maximum absolute atomic E-state index is 11.7. The third-order valence-electron chi connectivity index (χ3n) is 5.79. The fraction of sp³-hybridized carbons (Fsp3) is 0.636. The van der Waals surface area contributed by atoms with Crippen molar-refractivity contribution in [1.82, 2.24) is 5.06 Å². The first-order valence-corrected chi connectivity index (χ1v) is 10.4. The van der Waals surface area contributed by atoms with Gasteiger partial charge in [-0.1, -0.05) is 18.1 Å². The third-order valence-corrected chi connectivity index (χ3v) is 5.79. The minimum absolute atomic E-state index is 0.0190. The lowest BCUT2D eigenvalue weighted by molar-refractivity contribution is -0.268. The molecule has 1 unspecified atom stereocenters. The summed E-state index contributed by atoms with van der Waals surface area (Å²) in [4.78, 5) is 28.8. The van der Waals surface area contributed by atoms with Crippen molar-refractivity contribution in [3.05, 3.63) is 23.8 Å². The van der Waals surface area contributed by atoms with Crippen molar-refractivity contribution in [1.29, 1.82) is 0 Å². The van der Waals surface area contributed by atoms with Crippen LogP contribution in [0.2, 0.25) is 0 Å². The number of hydroxylamine groups is 2. The van der Waals surface area contributed by atoms with Crippen molar-refractivity contribution < 1.29 is 28.6 Å². The van der Waals surface area contributed by atoms with Crippen molar-refractivity contribution in [3.8, 4) is 11.5 Å². The Labute approximate surface area is 172 Å². The summed E-state index contributed by atoms with van der Waals surface area (Å²) in [5.74, 6) is 0.625. The average Bonchev–Trinajstić information content (AvgIpc) is 3.29. The SMILES string of the molecule is CC[C@@]1(OC(C)=O)CC(c2ccc(OC)c(OC3CCCC3)c2)CN1OC(C)=O. The number of rotatable bonds is 7. The maximum Gasteiger partial charge on any atom is 0.322 e. The molecule has 7 nitrogen and oxygen atoms in total. The Morgan fingerprint density at radius 1 is 1.14 bits per heavy atom. The minimum Gasteiger partial charge on any atom is -0.493 e. The molecule has 0 bridgehead atoms. The number of benzene rings is 1. The van der Waals surface area contributed by atoms with Gasteiger partial charge in [-0.25, -0.2) is 0 Å². The first-order chi connectivity index (χ1) is 13.9. The van der Waals surface area contributed by atoms with Crippen LogP contribution >= 0.6 is 0 Å². The van der Waals surface area contributed by atoms with Gasteiger partial charge in [0.25, 0.3) is 0 Å². The zero-order valence-electron chi connectivity index (χ0n) is 17.7. The topological polar surface area (TPSA) is 74.3 Å². The molecular weight excluding hydrogens is 374 g/mol. The van der Waals surface area contributed by atoms with Gasteiger partial charge in [0.2, 0.25) is 0 Å². The molecule has 2 aliphatic rings. The fourth-order valence-corrected chi connectivity index (χ4v) is 4.39. The Balaban J connectivity index is 1.86. The van der Waals surface area contributed by atoms with Gasteiger partial charge < -0.3 is 19.0 Å². The summed E-state index contributed by atoms with van der Waals surface area (Å²) in [6.07, 6.45) is 5.76. The molecule has 29 heavy (non-hydrogen) atoms. The summed E-state index contributed by atoms with van der Waals surface area (Å²) in [6, 6.07) is 5.91. The van der Waals surface area contributed by atoms with Gasteiger partial charge >= 0.3 is 11.9 Å². The van der Waals surface area contributed by atoms with Gasteiger partial charge in [0.05, 0.1) is 13.2 Å². The molecule has 2 fully saturated rings. The van der Waals surface area contributed by atoms with E-state index in [4.69, 9.17) is 19.0 Å². The van der Waals surface area contributed by atoms with Gasteiger partial charge in [-0.2, -0.15) is 0 Å². The van der Waals surface area contributed by atoms with Crippen LogP contribution in [0.1, 0.15) is 70.8 Å². The number of ether oxygens (including phenoxy) is 3. The molecule has 1 heterocycles. The summed E-state index contributed by atoms with van der Waals surface area (Å²) in [6.45, 7) is 5.08. The van der Waals surface area contributed by atoms with Crippen molar-refractivity contribution in [3.63, 3.8) is 0 Å². The molecule has 1 saturated heterocycles. The number of hydrogen-bond donors (Lipinski definition) is 0. The lowest BCUT2D eigenvalue weighted by atomic mass is 9.93. The molecule has 0 spiro atoms. The Hall–Kier alpha value is -2.28. The summed E-state index contributed by atoms with van der Waals surface area (Å²) in [5.41, 5.74) is 0.0765. The number of hydrogen-bond acceptors (Lipinski definition) is 7. The third kappa shape index (κ3) is 4.83. The maximum atomic E-state index is 11.7. The van der Waals surface area contributed by atoms with E-state index in [9.17, 15) is 9.59 Å². The molecule has 0 amide bonds. The van der Waals surface area contributed by atoms with E-state index < -0.39 is 17.7 Å². The van der Waals surface area contributed by atoms with Crippen LogP contribution < -0.4 is 9.47 Å². The van der Waals surface area contributed by atoms with Crippen LogP contribution in [0, 0.1) is 0 Å². The monoisotopic (exact) mass is 405 g/mol. The van der Waals surface area contributed by atoms with E-state index in [0.717, 1.165) is 24.2 Å². The highest BCUT2D eigenvalue weighted by molar-refractivity contribution is 5.67. The molecule has 2 atom stereocenters. The van der Waals surface area contributed by atoms with Gasteiger partial charge in [0.15, 0.2) is 17.2 Å². The van der Waals surface area contributed by atoms with E-state index >= 15 is 0 Å². The predicted octanol–water partition coefficient (Wildman–Crippen LogP) is 3.95. The summed E-state index contributed by atoms with van der Waals surface area (Å²) in [5, 5.41) is 1.52. The second-order valence-corrected chi connectivity index (χ2v) is 7.87. The van der Waals surface area contributed by atoms with Crippen LogP contribution in [-0.4, -0.2) is 42.5 Å². The second kappa shape index (κ2) is 9.03. The van der Waals surface area contributed by atoms with Crippen LogP contribution in [0.15, 0.2) is 18.2 Å². The molecule has 1 aromatic carbocycles. The van der Waals surface area contributed by atoms with E-state index in [1.54, 1.807) is 7.11 Å². The molecule has 0 N–H and O–H groups in total. The Morgan fingerprint density at radius 3 is 2.45 bits per heavy atom. The van der Waals surface area contributed by atoms with E-state index in [-0.39, 0.29) is 12.0 Å². The largest absolute Gasteiger partial charge is 0.493 e. The molecular formula is C22H31NO6. The molecule has 1 saturated carbocycles. The summed E-state index contributed by atoms with van der Waals surface area (Å²) in [7, 11) is 1.64. The molecule has 1 aliphatic carbocycles. The molecule has 3 rings (SSSR count). The lowest BCUT2D eigenvalue weighted by Gasteiger charge is -2.34. The van der Waals surface area contributed by atoms with Crippen molar-refractivity contribution >= 4 is 11.9 Å². The molecule has 0 radical (unpaired) electrons. The van der Waals surface area contributed by atoms with E-state index in [2.05, 4.69) is 0 Å².